The summed E-state index contributed by atoms with van der Waals surface area (Å²) in [7, 11) is 2.17. The summed E-state index contributed by atoms with van der Waals surface area (Å²) in [6.07, 6.45) is 3.32. The van der Waals surface area contributed by atoms with E-state index in [0.29, 0.717) is 11.9 Å². The van der Waals surface area contributed by atoms with Crippen LogP contribution in [-0.4, -0.2) is 25.1 Å². The molecule has 0 aliphatic heterocycles. The van der Waals surface area contributed by atoms with Crippen LogP contribution < -0.4 is 4.90 Å². The average Bonchev–Trinajstić information content (AvgIpc) is 2.34. The third kappa shape index (κ3) is 3.82. The zero-order chi connectivity index (χ0) is 12.8. The lowest BCUT2D eigenvalue weighted by atomic mass is 10.1. The highest BCUT2D eigenvalue weighted by molar-refractivity contribution is 7.98. The van der Waals surface area contributed by atoms with Crippen molar-refractivity contribution < 1.29 is 0 Å². The molecule has 17 heavy (non-hydrogen) atoms. The van der Waals surface area contributed by atoms with Crippen molar-refractivity contribution in [2.24, 2.45) is 0 Å². The first kappa shape index (κ1) is 14.7. The maximum absolute atomic E-state index is 6.04. The van der Waals surface area contributed by atoms with Gasteiger partial charge >= 0.3 is 0 Å². The summed E-state index contributed by atoms with van der Waals surface area (Å²) in [5, 5.41) is 0. The van der Waals surface area contributed by atoms with Gasteiger partial charge in [0.25, 0.3) is 0 Å². The van der Waals surface area contributed by atoms with Gasteiger partial charge < -0.3 is 4.90 Å². The molecule has 1 rings (SSSR count). The molecule has 1 atom stereocenters. The molecule has 0 saturated heterocycles. The van der Waals surface area contributed by atoms with Gasteiger partial charge in [0.15, 0.2) is 0 Å². The molecular weight excluding hydrogens is 250 g/mol. The zero-order valence-electron chi connectivity index (χ0n) is 11.2. The molecule has 1 unspecified atom stereocenters. The van der Waals surface area contributed by atoms with Gasteiger partial charge in [-0.3, -0.25) is 0 Å². The Labute approximate surface area is 115 Å². The van der Waals surface area contributed by atoms with E-state index >= 15 is 0 Å². The fourth-order valence-electron chi connectivity index (χ4n) is 2.06. The second kappa shape index (κ2) is 7.17. The average molecular weight is 272 g/mol. The van der Waals surface area contributed by atoms with Crippen molar-refractivity contribution in [2.45, 2.75) is 32.2 Å². The predicted octanol–water partition coefficient (Wildman–Crippen LogP) is 4.31. The van der Waals surface area contributed by atoms with Crippen molar-refractivity contribution in [1.29, 1.82) is 0 Å². The highest BCUT2D eigenvalue weighted by atomic mass is 35.5. The van der Waals surface area contributed by atoms with Crippen LogP contribution in [0.25, 0.3) is 0 Å². The Morgan fingerprint density at radius 2 is 2.12 bits per heavy atom. The third-order valence-electron chi connectivity index (χ3n) is 3.14. The topological polar surface area (TPSA) is 3.24 Å². The summed E-state index contributed by atoms with van der Waals surface area (Å²) in [6.45, 7) is 4.35. The Kier molecular flexibility index (Phi) is 6.21. The molecule has 0 aliphatic carbocycles. The molecule has 0 saturated carbocycles. The molecule has 0 spiro atoms. The number of thioether (sulfide) groups is 1. The smallest absolute Gasteiger partial charge is 0.0494 e. The van der Waals surface area contributed by atoms with Crippen molar-refractivity contribution in [1.82, 2.24) is 0 Å². The largest absolute Gasteiger partial charge is 0.371 e. The van der Waals surface area contributed by atoms with E-state index in [0.717, 1.165) is 12.2 Å². The summed E-state index contributed by atoms with van der Waals surface area (Å²) < 4.78 is 0. The summed E-state index contributed by atoms with van der Waals surface area (Å²) in [5.74, 6) is 1.74. The van der Waals surface area contributed by atoms with Gasteiger partial charge in [0.1, 0.15) is 0 Å². The van der Waals surface area contributed by atoms with Crippen LogP contribution in [-0.2, 0) is 5.88 Å². The molecule has 0 aromatic heterocycles. The summed E-state index contributed by atoms with van der Waals surface area (Å²) >= 11 is 7.94. The van der Waals surface area contributed by atoms with E-state index in [2.05, 4.69) is 50.2 Å². The third-order valence-corrected chi connectivity index (χ3v) is 4.14. The van der Waals surface area contributed by atoms with Crippen LogP contribution in [0.1, 0.15) is 24.5 Å². The summed E-state index contributed by atoms with van der Waals surface area (Å²) in [4.78, 5) is 2.37. The second-order valence-electron chi connectivity index (χ2n) is 4.39. The van der Waals surface area contributed by atoms with Crippen LogP contribution >= 0.6 is 23.4 Å². The Morgan fingerprint density at radius 3 is 2.65 bits per heavy atom. The van der Waals surface area contributed by atoms with Gasteiger partial charge in [-0.15, -0.1) is 11.6 Å². The number of nitrogens with zero attached hydrogens (tertiary/aromatic N) is 1. The van der Waals surface area contributed by atoms with Gasteiger partial charge in [-0.05, 0) is 31.2 Å². The monoisotopic (exact) mass is 271 g/mol. The maximum atomic E-state index is 6.04. The normalized spacial score (nSPS) is 12.5. The van der Waals surface area contributed by atoms with E-state index in [9.17, 15) is 0 Å². The van der Waals surface area contributed by atoms with Crippen molar-refractivity contribution in [3.8, 4) is 0 Å². The Hall–Kier alpha value is -0.340. The predicted molar refractivity (Wildman–Crippen MR) is 81.6 cm³/mol. The first-order chi connectivity index (χ1) is 8.13. The van der Waals surface area contributed by atoms with E-state index in [1.165, 1.54) is 16.8 Å². The van der Waals surface area contributed by atoms with E-state index in [-0.39, 0.29) is 0 Å². The Balaban J connectivity index is 2.97. The van der Waals surface area contributed by atoms with Crippen LogP contribution in [0.4, 0.5) is 5.69 Å². The standard InChI is InChI=1S/C14H22ClNS/c1-5-13(10-17-4)16(3)14-7-6-11(2)8-12(14)9-15/h6-8,13H,5,9-10H2,1-4H3. The lowest BCUT2D eigenvalue weighted by Gasteiger charge is -2.30. The minimum atomic E-state index is 0.578. The summed E-state index contributed by atoms with van der Waals surface area (Å²) in [6, 6.07) is 7.11. The van der Waals surface area contributed by atoms with Crippen LogP contribution in [0.3, 0.4) is 0 Å². The maximum Gasteiger partial charge on any atom is 0.0494 e. The van der Waals surface area contributed by atoms with Crippen molar-refractivity contribution in [3.05, 3.63) is 29.3 Å². The van der Waals surface area contributed by atoms with E-state index in [1.807, 2.05) is 11.8 Å². The highest BCUT2D eigenvalue weighted by Crippen LogP contribution is 2.26. The first-order valence-corrected chi connectivity index (χ1v) is 7.94. The number of halogens is 1. The van der Waals surface area contributed by atoms with Crippen molar-refractivity contribution in [2.75, 3.05) is 24.0 Å². The molecule has 3 heteroatoms. The molecule has 96 valence electrons. The fraction of sp³-hybridized carbons (Fsp3) is 0.571. The van der Waals surface area contributed by atoms with Crippen LogP contribution in [0.5, 0.6) is 0 Å². The number of alkyl halides is 1. The molecular formula is C14H22ClNS. The van der Waals surface area contributed by atoms with Gasteiger partial charge in [-0.2, -0.15) is 11.8 Å². The van der Waals surface area contributed by atoms with E-state index < -0.39 is 0 Å². The zero-order valence-corrected chi connectivity index (χ0v) is 12.7. The molecule has 1 aromatic rings. The molecule has 0 N–H and O–H groups in total. The van der Waals surface area contributed by atoms with Gasteiger partial charge in [0.05, 0.1) is 0 Å². The molecule has 0 bridgehead atoms. The van der Waals surface area contributed by atoms with Crippen LogP contribution in [0.2, 0.25) is 0 Å². The van der Waals surface area contributed by atoms with Crippen molar-refractivity contribution >= 4 is 29.1 Å². The molecule has 0 amide bonds. The lowest BCUT2D eigenvalue weighted by Crippen LogP contribution is -2.33. The Morgan fingerprint density at radius 1 is 1.41 bits per heavy atom. The Bertz CT molecular complexity index is 354. The van der Waals surface area contributed by atoms with Gasteiger partial charge in [0.2, 0.25) is 0 Å². The van der Waals surface area contributed by atoms with Crippen LogP contribution in [0.15, 0.2) is 18.2 Å². The number of hydrogen-bond donors (Lipinski definition) is 0. The van der Waals surface area contributed by atoms with Gasteiger partial charge in [0, 0.05) is 30.4 Å². The number of anilines is 1. The molecule has 0 fully saturated rings. The van der Waals surface area contributed by atoms with E-state index in [4.69, 9.17) is 11.6 Å². The second-order valence-corrected chi connectivity index (χ2v) is 5.57. The van der Waals surface area contributed by atoms with E-state index in [1.54, 1.807) is 0 Å². The quantitative estimate of drug-likeness (QED) is 0.709. The molecule has 1 aromatic carbocycles. The molecule has 0 radical (unpaired) electrons. The van der Waals surface area contributed by atoms with Crippen molar-refractivity contribution in [3.63, 3.8) is 0 Å². The van der Waals surface area contributed by atoms with Gasteiger partial charge in [-0.25, -0.2) is 0 Å². The number of rotatable bonds is 6. The highest BCUT2D eigenvalue weighted by Gasteiger charge is 2.15. The lowest BCUT2D eigenvalue weighted by molar-refractivity contribution is 0.671. The fourth-order valence-corrected chi connectivity index (χ4v) is 3.12. The minimum Gasteiger partial charge on any atom is -0.371 e. The summed E-state index contributed by atoms with van der Waals surface area (Å²) in [5.41, 5.74) is 3.77. The number of aryl methyl sites for hydroxylation is 1. The number of benzene rings is 1. The molecule has 0 aliphatic rings. The minimum absolute atomic E-state index is 0.578. The molecule has 1 nitrogen and oxygen atoms in total. The molecule has 0 heterocycles. The van der Waals surface area contributed by atoms with Crippen LogP contribution in [0, 0.1) is 6.92 Å². The van der Waals surface area contributed by atoms with Gasteiger partial charge in [-0.1, -0.05) is 24.6 Å². The first-order valence-electron chi connectivity index (χ1n) is 6.01. The SMILES string of the molecule is CCC(CSC)N(C)c1ccc(C)cc1CCl. The number of hydrogen-bond acceptors (Lipinski definition) is 2.